The molecule has 10 heteroatoms. The summed E-state index contributed by atoms with van der Waals surface area (Å²) in [6, 6.07) is 8.37. The molecular formula is C16H12BrClN2O6. The second kappa shape index (κ2) is 8.63. The number of carbonyl (C=O) groups is 2. The van der Waals surface area contributed by atoms with Gasteiger partial charge in [-0.3, -0.25) is 14.9 Å². The largest absolute Gasteiger partial charge is 0.496 e. The summed E-state index contributed by atoms with van der Waals surface area (Å²) in [5.41, 5.74) is 0.0477. The zero-order valence-corrected chi connectivity index (χ0v) is 15.7. The number of carbonyl (C=O) groups excluding carboxylic acids is 2. The van der Waals surface area contributed by atoms with Gasteiger partial charge in [-0.1, -0.05) is 11.6 Å². The highest BCUT2D eigenvalue weighted by Gasteiger charge is 2.15. The van der Waals surface area contributed by atoms with Gasteiger partial charge in [0.1, 0.15) is 10.8 Å². The first-order valence-electron chi connectivity index (χ1n) is 7.06. The van der Waals surface area contributed by atoms with Crippen LogP contribution in [0, 0.1) is 10.1 Å². The number of amides is 1. The van der Waals surface area contributed by atoms with Crippen LogP contribution in [0.3, 0.4) is 0 Å². The van der Waals surface area contributed by atoms with E-state index in [0.717, 1.165) is 6.07 Å². The molecule has 0 heterocycles. The second-order valence-electron chi connectivity index (χ2n) is 4.90. The monoisotopic (exact) mass is 442 g/mol. The van der Waals surface area contributed by atoms with Gasteiger partial charge in [0.25, 0.3) is 11.6 Å². The van der Waals surface area contributed by atoms with Crippen LogP contribution in [-0.4, -0.2) is 30.5 Å². The third-order valence-corrected chi connectivity index (χ3v) is 4.09. The number of halogens is 2. The van der Waals surface area contributed by atoms with Gasteiger partial charge in [0.2, 0.25) is 0 Å². The lowest BCUT2D eigenvalue weighted by atomic mass is 10.2. The number of nitro groups is 1. The van der Waals surface area contributed by atoms with E-state index >= 15 is 0 Å². The standard InChI is InChI=1S/C16H12BrClN2O6/c1-25-14-5-2-9(6-11(14)17)16(22)26-8-15(21)19-10-3-4-12(18)13(7-10)20(23)24/h2-7H,8H2,1H3,(H,19,21). The van der Waals surface area contributed by atoms with Crippen molar-refractivity contribution in [2.24, 2.45) is 0 Å². The molecule has 0 aliphatic heterocycles. The molecule has 8 nitrogen and oxygen atoms in total. The molecule has 1 amide bonds. The zero-order chi connectivity index (χ0) is 19.3. The van der Waals surface area contributed by atoms with Crippen molar-refractivity contribution in [3.63, 3.8) is 0 Å². The van der Waals surface area contributed by atoms with Crippen molar-refractivity contribution in [1.82, 2.24) is 0 Å². The first kappa shape index (κ1) is 19.7. The van der Waals surface area contributed by atoms with Crippen LogP contribution in [0.1, 0.15) is 10.4 Å². The van der Waals surface area contributed by atoms with E-state index < -0.39 is 23.4 Å². The van der Waals surface area contributed by atoms with Crippen LogP contribution in [0.2, 0.25) is 5.02 Å². The summed E-state index contributed by atoms with van der Waals surface area (Å²) in [5, 5.41) is 13.2. The predicted octanol–water partition coefficient (Wildman–Crippen LogP) is 3.81. The molecule has 0 aliphatic rings. The molecule has 0 bridgehead atoms. The van der Waals surface area contributed by atoms with Crippen LogP contribution in [0.15, 0.2) is 40.9 Å². The van der Waals surface area contributed by atoms with Gasteiger partial charge in [0.05, 0.1) is 22.1 Å². The maximum Gasteiger partial charge on any atom is 0.338 e. The molecule has 136 valence electrons. The highest BCUT2D eigenvalue weighted by atomic mass is 79.9. The fourth-order valence-corrected chi connectivity index (χ4v) is 2.66. The van der Waals surface area contributed by atoms with E-state index in [1.807, 2.05) is 0 Å². The molecule has 1 N–H and O–H groups in total. The number of hydrogen-bond acceptors (Lipinski definition) is 6. The molecule has 0 fully saturated rings. The molecule has 2 aromatic rings. The van der Waals surface area contributed by atoms with Gasteiger partial charge in [-0.15, -0.1) is 0 Å². The molecule has 0 saturated carbocycles. The van der Waals surface area contributed by atoms with Gasteiger partial charge >= 0.3 is 5.97 Å². The lowest BCUT2D eigenvalue weighted by molar-refractivity contribution is -0.384. The van der Waals surface area contributed by atoms with E-state index in [1.165, 1.54) is 31.4 Å². The average molecular weight is 444 g/mol. The molecular weight excluding hydrogens is 432 g/mol. The van der Waals surface area contributed by atoms with Crippen LogP contribution < -0.4 is 10.1 Å². The van der Waals surface area contributed by atoms with Gasteiger partial charge in [-0.2, -0.15) is 0 Å². The van der Waals surface area contributed by atoms with Crippen molar-refractivity contribution < 1.29 is 24.0 Å². The Hall–Kier alpha value is -2.65. The van der Waals surface area contributed by atoms with Crippen molar-refractivity contribution >= 4 is 50.8 Å². The average Bonchev–Trinajstić information content (AvgIpc) is 2.61. The lowest BCUT2D eigenvalue weighted by Gasteiger charge is -2.08. The van der Waals surface area contributed by atoms with Crippen molar-refractivity contribution in [3.05, 3.63) is 61.6 Å². The minimum absolute atomic E-state index is 0.0514. The fraction of sp³-hybridized carbons (Fsp3) is 0.125. The Labute approximate surface area is 161 Å². The molecule has 2 rings (SSSR count). The lowest BCUT2D eigenvalue weighted by Crippen LogP contribution is -2.21. The summed E-state index contributed by atoms with van der Waals surface area (Å²) < 4.78 is 10.5. The third kappa shape index (κ3) is 4.93. The molecule has 0 atom stereocenters. The Morgan fingerprint density at radius 2 is 2.00 bits per heavy atom. The molecule has 0 aromatic heterocycles. The Morgan fingerprint density at radius 3 is 2.62 bits per heavy atom. The van der Waals surface area contributed by atoms with Crippen LogP contribution in [0.25, 0.3) is 0 Å². The summed E-state index contributed by atoms with van der Waals surface area (Å²) in [6.07, 6.45) is 0. The summed E-state index contributed by atoms with van der Waals surface area (Å²) >= 11 is 8.94. The Bertz CT molecular complexity index is 874. The number of benzene rings is 2. The third-order valence-electron chi connectivity index (χ3n) is 3.15. The molecule has 26 heavy (non-hydrogen) atoms. The fourth-order valence-electron chi connectivity index (χ4n) is 1.94. The van der Waals surface area contributed by atoms with Gasteiger partial charge in [-0.25, -0.2) is 4.79 Å². The van der Waals surface area contributed by atoms with Crippen molar-refractivity contribution in [2.45, 2.75) is 0 Å². The van der Waals surface area contributed by atoms with E-state index in [1.54, 1.807) is 6.07 Å². The number of nitrogens with one attached hydrogen (secondary N) is 1. The molecule has 0 aliphatic carbocycles. The van der Waals surface area contributed by atoms with Crippen LogP contribution in [0.5, 0.6) is 5.75 Å². The number of rotatable bonds is 6. The van der Waals surface area contributed by atoms with Gasteiger partial charge < -0.3 is 14.8 Å². The summed E-state index contributed by atoms with van der Waals surface area (Å²) in [5.74, 6) is -0.809. The number of nitro benzene ring substituents is 1. The van der Waals surface area contributed by atoms with Gasteiger partial charge in [0.15, 0.2) is 6.61 Å². The van der Waals surface area contributed by atoms with Gasteiger partial charge in [-0.05, 0) is 46.3 Å². The maximum atomic E-state index is 12.0. The van der Waals surface area contributed by atoms with Crippen LogP contribution in [-0.2, 0) is 9.53 Å². The Balaban J connectivity index is 1.96. The zero-order valence-electron chi connectivity index (χ0n) is 13.3. The van der Waals surface area contributed by atoms with E-state index in [4.69, 9.17) is 21.1 Å². The van der Waals surface area contributed by atoms with Crippen molar-refractivity contribution in [1.29, 1.82) is 0 Å². The number of methoxy groups -OCH3 is 1. The quantitative estimate of drug-likeness (QED) is 0.413. The summed E-state index contributed by atoms with van der Waals surface area (Å²) in [7, 11) is 1.49. The van der Waals surface area contributed by atoms with E-state index in [-0.39, 0.29) is 22.0 Å². The highest BCUT2D eigenvalue weighted by Crippen LogP contribution is 2.27. The highest BCUT2D eigenvalue weighted by molar-refractivity contribution is 9.10. The maximum absolute atomic E-state index is 12.0. The summed E-state index contributed by atoms with van der Waals surface area (Å²) in [4.78, 5) is 34.0. The molecule has 0 radical (unpaired) electrons. The Morgan fingerprint density at radius 1 is 1.27 bits per heavy atom. The normalized spacial score (nSPS) is 10.1. The second-order valence-corrected chi connectivity index (χ2v) is 6.16. The minimum atomic E-state index is -0.703. The van der Waals surface area contributed by atoms with E-state index in [9.17, 15) is 19.7 Å². The number of hydrogen-bond donors (Lipinski definition) is 1. The molecule has 0 spiro atoms. The number of ether oxygens (including phenoxy) is 2. The molecule has 0 saturated heterocycles. The summed E-state index contributed by atoms with van der Waals surface area (Å²) in [6.45, 7) is -0.557. The van der Waals surface area contributed by atoms with E-state index in [0.29, 0.717) is 10.2 Å². The van der Waals surface area contributed by atoms with Gasteiger partial charge in [0, 0.05) is 11.8 Å². The van der Waals surface area contributed by atoms with Crippen LogP contribution >= 0.6 is 27.5 Å². The predicted molar refractivity (Wildman–Crippen MR) is 97.7 cm³/mol. The number of esters is 1. The molecule has 2 aromatic carbocycles. The van der Waals surface area contributed by atoms with Crippen molar-refractivity contribution in [3.8, 4) is 5.75 Å². The first-order valence-corrected chi connectivity index (χ1v) is 8.23. The first-order chi connectivity index (χ1) is 12.3. The minimum Gasteiger partial charge on any atom is -0.496 e. The molecule has 0 unspecified atom stereocenters. The van der Waals surface area contributed by atoms with Crippen LogP contribution in [0.4, 0.5) is 11.4 Å². The Kier molecular flexibility index (Phi) is 6.53. The SMILES string of the molecule is COc1ccc(C(=O)OCC(=O)Nc2ccc(Cl)c([N+](=O)[O-])c2)cc1Br. The smallest absolute Gasteiger partial charge is 0.338 e. The topological polar surface area (TPSA) is 108 Å². The van der Waals surface area contributed by atoms with E-state index in [2.05, 4.69) is 21.2 Å². The number of anilines is 1. The van der Waals surface area contributed by atoms with Crippen molar-refractivity contribution in [2.75, 3.05) is 19.0 Å². The number of nitrogens with zero attached hydrogens (tertiary/aromatic N) is 1.